The Labute approximate surface area is 130 Å². The molecule has 2 aliphatic rings. The highest BCUT2D eigenvalue weighted by atomic mass is 19.1. The van der Waals surface area contributed by atoms with Crippen molar-refractivity contribution in [1.29, 1.82) is 0 Å². The number of ether oxygens (including phenoxy) is 2. The number of carbonyl (C=O) groups excluding carboxylic acids is 1. The molecular formula is C17H22FNO3. The van der Waals surface area contributed by atoms with Crippen LogP contribution in [-0.4, -0.2) is 35.3 Å². The number of rotatable bonds is 1. The van der Waals surface area contributed by atoms with Crippen molar-refractivity contribution in [1.82, 2.24) is 4.90 Å². The summed E-state index contributed by atoms with van der Waals surface area (Å²) in [6, 6.07) is 6.46. The normalized spacial score (nSPS) is 23.5. The summed E-state index contributed by atoms with van der Waals surface area (Å²) in [6.45, 7) is 6.86. The van der Waals surface area contributed by atoms with Crippen LogP contribution in [0.5, 0.6) is 0 Å². The molecule has 1 aromatic rings. The molecule has 22 heavy (non-hydrogen) atoms. The highest BCUT2D eigenvalue weighted by Crippen LogP contribution is 2.55. The lowest BCUT2D eigenvalue weighted by molar-refractivity contribution is 0.0165. The maximum Gasteiger partial charge on any atom is 0.410 e. The van der Waals surface area contributed by atoms with Crippen LogP contribution >= 0.6 is 0 Å². The van der Waals surface area contributed by atoms with E-state index in [-0.39, 0.29) is 23.6 Å². The molecule has 1 spiro atoms. The molecule has 0 saturated carbocycles. The first kappa shape index (κ1) is 15.3. The second-order valence-electron chi connectivity index (χ2n) is 7.08. The zero-order chi connectivity index (χ0) is 16.0. The van der Waals surface area contributed by atoms with Gasteiger partial charge < -0.3 is 14.4 Å². The van der Waals surface area contributed by atoms with Gasteiger partial charge in [0.25, 0.3) is 0 Å². The molecule has 120 valence electrons. The zero-order valence-electron chi connectivity index (χ0n) is 13.3. The van der Waals surface area contributed by atoms with Gasteiger partial charge in [0, 0.05) is 13.1 Å². The Kier molecular flexibility index (Phi) is 3.63. The van der Waals surface area contributed by atoms with E-state index in [0.717, 1.165) is 18.4 Å². The fourth-order valence-electron chi connectivity index (χ4n) is 2.98. The van der Waals surface area contributed by atoms with Gasteiger partial charge in [-0.25, -0.2) is 9.18 Å². The van der Waals surface area contributed by atoms with Crippen molar-refractivity contribution in [3.63, 3.8) is 0 Å². The monoisotopic (exact) mass is 307 g/mol. The minimum absolute atomic E-state index is 0.0221. The Morgan fingerprint density at radius 3 is 2.41 bits per heavy atom. The molecule has 2 fully saturated rings. The lowest BCUT2D eigenvalue weighted by Gasteiger charge is -2.32. The maximum absolute atomic E-state index is 13.0. The number of carbonyl (C=O) groups is 1. The Hall–Kier alpha value is -1.62. The molecule has 0 aliphatic carbocycles. The molecule has 4 nitrogen and oxygen atoms in total. The number of halogens is 1. The third-order valence-electron chi connectivity index (χ3n) is 4.21. The number of piperidine rings is 1. The molecule has 0 radical (unpaired) electrons. The standard InChI is InChI=1S/C17H22FNO3/c1-16(2,3)22-15(20)19-10-8-17(9-11-19)14(21-17)12-4-6-13(18)7-5-12/h4-7,14H,8-11H2,1-3H3. The molecular weight excluding hydrogens is 285 g/mol. The number of likely N-dealkylation sites (tertiary alicyclic amines) is 1. The first-order chi connectivity index (χ1) is 10.3. The summed E-state index contributed by atoms with van der Waals surface area (Å²) in [7, 11) is 0. The molecule has 1 unspecified atom stereocenters. The molecule has 2 saturated heterocycles. The molecule has 1 aromatic carbocycles. The second kappa shape index (κ2) is 5.23. The average molecular weight is 307 g/mol. The SMILES string of the molecule is CC(C)(C)OC(=O)N1CCC2(CC1)OC2c1ccc(F)cc1. The molecule has 0 N–H and O–H groups in total. The van der Waals surface area contributed by atoms with Crippen LogP contribution in [0.25, 0.3) is 0 Å². The van der Waals surface area contributed by atoms with Crippen LogP contribution in [0.2, 0.25) is 0 Å². The Morgan fingerprint density at radius 2 is 1.86 bits per heavy atom. The van der Waals surface area contributed by atoms with E-state index in [9.17, 15) is 9.18 Å². The summed E-state index contributed by atoms with van der Waals surface area (Å²) in [4.78, 5) is 13.8. The van der Waals surface area contributed by atoms with Crippen molar-refractivity contribution < 1.29 is 18.7 Å². The summed E-state index contributed by atoms with van der Waals surface area (Å²) in [5.41, 5.74) is 0.349. The zero-order valence-corrected chi connectivity index (χ0v) is 13.3. The summed E-state index contributed by atoms with van der Waals surface area (Å²) in [6.07, 6.45) is 1.33. The van der Waals surface area contributed by atoms with E-state index in [1.54, 1.807) is 17.0 Å². The molecule has 2 aliphatic heterocycles. The predicted octanol–water partition coefficient (Wildman–Crippen LogP) is 3.67. The topological polar surface area (TPSA) is 42.1 Å². The lowest BCUT2D eigenvalue weighted by atomic mass is 9.90. The van der Waals surface area contributed by atoms with Crippen molar-refractivity contribution in [3.05, 3.63) is 35.6 Å². The molecule has 2 heterocycles. The van der Waals surface area contributed by atoms with Gasteiger partial charge in [-0.05, 0) is 51.3 Å². The van der Waals surface area contributed by atoms with Crippen molar-refractivity contribution in [2.24, 2.45) is 0 Å². The van der Waals surface area contributed by atoms with Gasteiger partial charge in [-0.3, -0.25) is 0 Å². The first-order valence-electron chi connectivity index (χ1n) is 7.70. The van der Waals surface area contributed by atoms with E-state index >= 15 is 0 Å². The summed E-state index contributed by atoms with van der Waals surface area (Å²) in [5.74, 6) is -0.238. The average Bonchev–Trinajstić information content (AvgIpc) is 3.12. The van der Waals surface area contributed by atoms with Crippen LogP contribution in [0.3, 0.4) is 0 Å². The fraction of sp³-hybridized carbons (Fsp3) is 0.588. The maximum atomic E-state index is 13.0. The number of nitrogens with zero attached hydrogens (tertiary/aromatic N) is 1. The number of amides is 1. The third kappa shape index (κ3) is 3.09. The molecule has 1 atom stereocenters. The first-order valence-corrected chi connectivity index (χ1v) is 7.70. The Bertz CT molecular complexity index is 556. The summed E-state index contributed by atoms with van der Waals surface area (Å²) in [5, 5.41) is 0. The van der Waals surface area contributed by atoms with Crippen LogP contribution in [0.15, 0.2) is 24.3 Å². The van der Waals surface area contributed by atoms with E-state index in [0.29, 0.717) is 13.1 Å². The minimum Gasteiger partial charge on any atom is -0.444 e. The second-order valence-corrected chi connectivity index (χ2v) is 7.08. The number of hydrogen-bond donors (Lipinski definition) is 0. The van der Waals surface area contributed by atoms with Gasteiger partial charge >= 0.3 is 6.09 Å². The number of benzene rings is 1. The molecule has 3 rings (SSSR count). The smallest absolute Gasteiger partial charge is 0.410 e. The van der Waals surface area contributed by atoms with E-state index in [1.165, 1.54) is 12.1 Å². The van der Waals surface area contributed by atoms with Gasteiger partial charge in [0.15, 0.2) is 0 Å². The molecule has 0 bridgehead atoms. The van der Waals surface area contributed by atoms with Gasteiger partial charge in [0.1, 0.15) is 23.1 Å². The van der Waals surface area contributed by atoms with Gasteiger partial charge in [0.2, 0.25) is 0 Å². The van der Waals surface area contributed by atoms with E-state index in [4.69, 9.17) is 9.47 Å². The number of epoxide rings is 1. The van der Waals surface area contributed by atoms with E-state index < -0.39 is 5.60 Å². The lowest BCUT2D eigenvalue weighted by Crippen LogP contribution is -2.44. The fourth-order valence-corrected chi connectivity index (χ4v) is 2.98. The van der Waals surface area contributed by atoms with E-state index in [1.807, 2.05) is 20.8 Å². The van der Waals surface area contributed by atoms with Crippen LogP contribution in [-0.2, 0) is 9.47 Å². The van der Waals surface area contributed by atoms with Crippen molar-refractivity contribution in [2.45, 2.75) is 50.9 Å². The quantitative estimate of drug-likeness (QED) is 0.743. The van der Waals surface area contributed by atoms with Crippen LogP contribution < -0.4 is 0 Å². The summed E-state index contributed by atoms with van der Waals surface area (Å²) >= 11 is 0. The summed E-state index contributed by atoms with van der Waals surface area (Å²) < 4.78 is 24.3. The highest BCUT2D eigenvalue weighted by Gasteiger charge is 2.58. The number of hydrogen-bond acceptors (Lipinski definition) is 3. The van der Waals surface area contributed by atoms with Gasteiger partial charge in [0.05, 0.1) is 0 Å². The van der Waals surface area contributed by atoms with Crippen LogP contribution in [0.1, 0.15) is 45.3 Å². The van der Waals surface area contributed by atoms with E-state index in [2.05, 4.69) is 0 Å². The Balaban J connectivity index is 1.57. The van der Waals surface area contributed by atoms with Crippen molar-refractivity contribution >= 4 is 6.09 Å². The van der Waals surface area contributed by atoms with Gasteiger partial charge in [-0.1, -0.05) is 12.1 Å². The predicted molar refractivity (Wildman–Crippen MR) is 80.0 cm³/mol. The molecule has 5 heteroatoms. The Morgan fingerprint density at radius 1 is 1.27 bits per heavy atom. The molecule has 0 aromatic heterocycles. The largest absolute Gasteiger partial charge is 0.444 e. The highest BCUT2D eigenvalue weighted by molar-refractivity contribution is 5.68. The van der Waals surface area contributed by atoms with Crippen molar-refractivity contribution in [3.8, 4) is 0 Å². The van der Waals surface area contributed by atoms with Crippen molar-refractivity contribution in [2.75, 3.05) is 13.1 Å². The van der Waals surface area contributed by atoms with Crippen LogP contribution in [0, 0.1) is 5.82 Å². The van der Waals surface area contributed by atoms with Gasteiger partial charge in [-0.2, -0.15) is 0 Å². The third-order valence-corrected chi connectivity index (χ3v) is 4.21. The minimum atomic E-state index is -0.473. The van der Waals surface area contributed by atoms with Gasteiger partial charge in [-0.15, -0.1) is 0 Å². The molecule has 1 amide bonds. The van der Waals surface area contributed by atoms with Crippen LogP contribution in [0.4, 0.5) is 9.18 Å².